The molecule has 2 aromatic carbocycles. The standard InChI is InChI=1S/C35H38F2N8O3/c1-23-3-2-11-40-35(41-26-4-6-27(7-5-26)43-13-15-44(16-14-43)28-21-47-22-28)42-33(23)24-17-25(19-39)34(29(36)18-24)48-31-9-12-45(20-30(31)37)32(46)8-10-38/h4-7,11,17-18,28,30-31H,2-3,8-9,12-16,20-22H2,1H3,(H,41,42)/t30-,31+/m1/s1. The van der Waals surface area contributed by atoms with Gasteiger partial charge in [-0.25, -0.2) is 18.8 Å². The van der Waals surface area contributed by atoms with E-state index in [0.717, 1.165) is 56.3 Å². The van der Waals surface area contributed by atoms with Crippen molar-refractivity contribution >= 4 is 35.2 Å². The van der Waals surface area contributed by atoms with Crippen molar-refractivity contribution in [3.8, 4) is 17.9 Å². The Hall–Kier alpha value is -4.85. The molecule has 4 aliphatic heterocycles. The van der Waals surface area contributed by atoms with Gasteiger partial charge in [-0.3, -0.25) is 9.69 Å². The average Bonchev–Trinajstić information content (AvgIpc) is 3.06. The molecule has 0 radical (unpaired) electrons. The summed E-state index contributed by atoms with van der Waals surface area (Å²) in [5.74, 6) is -1.29. The van der Waals surface area contributed by atoms with E-state index in [4.69, 9.17) is 19.7 Å². The number of halogens is 2. The maximum atomic E-state index is 15.6. The van der Waals surface area contributed by atoms with Gasteiger partial charge < -0.3 is 24.6 Å². The second kappa shape index (κ2) is 14.9. The Balaban J connectivity index is 1.16. The zero-order chi connectivity index (χ0) is 33.6. The Bertz CT molecular complexity index is 1680. The average molecular weight is 657 g/mol. The number of likely N-dealkylation sites (tertiary alicyclic amines) is 1. The summed E-state index contributed by atoms with van der Waals surface area (Å²) in [6, 6.07) is 15.2. The minimum atomic E-state index is -1.61. The molecule has 1 amide bonds. The van der Waals surface area contributed by atoms with E-state index in [1.807, 2.05) is 25.1 Å². The molecule has 0 spiro atoms. The second-order valence-corrected chi connectivity index (χ2v) is 12.4. The third-order valence-corrected chi connectivity index (χ3v) is 9.20. The van der Waals surface area contributed by atoms with Gasteiger partial charge in [0.25, 0.3) is 0 Å². The highest BCUT2D eigenvalue weighted by Gasteiger charge is 2.34. The molecule has 4 heterocycles. The highest BCUT2D eigenvalue weighted by molar-refractivity contribution is 6.02. The highest BCUT2D eigenvalue weighted by atomic mass is 19.1. The Morgan fingerprint density at radius 2 is 1.90 bits per heavy atom. The molecule has 0 bridgehead atoms. The number of nitrogens with zero attached hydrogens (tertiary/aromatic N) is 7. The van der Waals surface area contributed by atoms with Gasteiger partial charge >= 0.3 is 0 Å². The first-order chi connectivity index (χ1) is 23.3. The molecular formula is C35H38F2N8O3. The second-order valence-electron chi connectivity index (χ2n) is 12.4. The van der Waals surface area contributed by atoms with Crippen LogP contribution in [0.1, 0.15) is 43.7 Å². The number of benzene rings is 2. The van der Waals surface area contributed by atoms with Gasteiger partial charge in [-0.05, 0) is 61.7 Å². The van der Waals surface area contributed by atoms with E-state index in [0.29, 0.717) is 36.1 Å². The van der Waals surface area contributed by atoms with Crippen molar-refractivity contribution < 1.29 is 23.0 Å². The number of hydrogen-bond donors (Lipinski definition) is 1. The van der Waals surface area contributed by atoms with Crippen LogP contribution in [0, 0.1) is 28.5 Å². The summed E-state index contributed by atoms with van der Waals surface area (Å²) in [7, 11) is 0. The van der Waals surface area contributed by atoms with E-state index in [2.05, 4.69) is 32.2 Å². The number of piperidine rings is 1. The molecule has 250 valence electrons. The van der Waals surface area contributed by atoms with Crippen molar-refractivity contribution in [2.24, 2.45) is 9.98 Å². The smallest absolute Gasteiger partial charge is 0.236 e. The Morgan fingerprint density at radius 1 is 1.12 bits per heavy atom. The number of nitriles is 2. The lowest BCUT2D eigenvalue weighted by molar-refractivity contribution is -0.134. The predicted octanol–water partition coefficient (Wildman–Crippen LogP) is 4.51. The van der Waals surface area contributed by atoms with Gasteiger partial charge in [0.2, 0.25) is 11.9 Å². The highest BCUT2D eigenvalue weighted by Crippen LogP contribution is 2.33. The topological polar surface area (TPSA) is 130 Å². The fourth-order valence-corrected chi connectivity index (χ4v) is 6.32. The maximum Gasteiger partial charge on any atom is 0.236 e. The number of guanidine groups is 1. The molecule has 1 N–H and O–H groups in total. The zero-order valence-corrected chi connectivity index (χ0v) is 26.9. The van der Waals surface area contributed by atoms with E-state index < -0.39 is 24.0 Å². The summed E-state index contributed by atoms with van der Waals surface area (Å²) in [5.41, 5.74) is 3.60. The molecule has 48 heavy (non-hydrogen) atoms. The van der Waals surface area contributed by atoms with Crippen molar-refractivity contribution in [2.45, 2.75) is 50.9 Å². The van der Waals surface area contributed by atoms with Crippen LogP contribution in [0.4, 0.5) is 20.2 Å². The summed E-state index contributed by atoms with van der Waals surface area (Å²) in [5, 5.41) is 22.0. The minimum absolute atomic E-state index is 0.0896. The normalized spacial score (nSPS) is 22.1. The number of hydrogen-bond acceptors (Lipinski definition) is 10. The first-order valence-electron chi connectivity index (χ1n) is 16.3. The summed E-state index contributed by atoms with van der Waals surface area (Å²) in [6.07, 6.45) is 0.181. The van der Waals surface area contributed by atoms with Crippen LogP contribution < -0.4 is 15.0 Å². The lowest BCUT2D eigenvalue weighted by Crippen LogP contribution is -2.56. The van der Waals surface area contributed by atoms with Gasteiger partial charge in [-0.1, -0.05) is 0 Å². The van der Waals surface area contributed by atoms with Gasteiger partial charge in [0.05, 0.1) is 43.1 Å². The number of alkyl halides is 1. The fourth-order valence-electron chi connectivity index (χ4n) is 6.32. The number of carbonyl (C=O) groups excluding carboxylic acids is 1. The number of nitrogens with one attached hydrogen (secondary N) is 1. The largest absolute Gasteiger partial charge is 0.483 e. The molecule has 3 fully saturated rings. The van der Waals surface area contributed by atoms with Crippen molar-refractivity contribution in [3.05, 3.63) is 58.9 Å². The number of rotatable bonds is 7. The molecule has 11 nitrogen and oxygen atoms in total. The van der Waals surface area contributed by atoms with Crippen molar-refractivity contribution in [3.63, 3.8) is 0 Å². The van der Waals surface area contributed by atoms with Gasteiger partial charge in [0, 0.05) is 62.3 Å². The number of amides is 1. The Labute approximate surface area is 278 Å². The molecular weight excluding hydrogens is 618 g/mol. The number of carbonyl (C=O) groups is 1. The molecule has 0 aliphatic carbocycles. The minimum Gasteiger partial charge on any atom is -0.483 e. The van der Waals surface area contributed by atoms with Gasteiger partial charge in [0.1, 0.15) is 18.6 Å². The molecule has 0 unspecified atom stereocenters. The van der Waals surface area contributed by atoms with Crippen molar-refractivity contribution in [1.82, 2.24) is 9.80 Å². The summed E-state index contributed by atoms with van der Waals surface area (Å²) in [4.78, 5) is 27.4. The van der Waals surface area contributed by atoms with Crippen LogP contribution in [0.25, 0.3) is 5.70 Å². The summed E-state index contributed by atoms with van der Waals surface area (Å²) < 4.78 is 41.7. The van der Waals surface area contributed by atoms with Gasteiger partial charge in [0.15, 0.2) is 17.7 Å². The lowest BCUT2D eigenvalue weighted by Gasteiger charge is -2.43. The third-order valence-electron chi connectivity index (χ3n) is 9.20. The van der Waals surface area contributed by atoms with Crippen LogP contribution in [-0.2, 0) is 9.53 Å². The summed E-state index contributed by atoms with van der Waals surface area (Å²) >= 11 is 0. The Morgan fingerprint density at radius 3 is 2.56 bits per heavy atom. The maximum absolute atomic E-state index is 15.6. The fraction of sp³-hybridized carbons (Fsp3) is 0.457. The number of piperazine rings is 1. The predicted molar refractivity (Wildman–Crippen MR) is 178 cm³/mol. The molecule has 0 saturated carbocycles. The monoisotopic (exact) mass is 656 g/mol. The van der Waals surface area contributed by atoms with E-state index in [-0.39, 0.29) is 37.2 Å². The molecule has 4 aliphatic rings. The molecule has 13 heteroatoms. The van der Waals surface area contributed by atoms with Crippen molar-refractivity contribution in [1.29, 1.82) is 10.5 Å². The number of aliphatic imine (C=N–C) groups is 2. The summed E-state index contributed by atoms with van der Waals surface area (Å²) in [6.45, 7) is 7.40. The Kier molecular flexibility index (Phi) is 10.3. The molecule has 3 saturated heterocycles. The van der Waals surface area contributed by atoms with Crippen LogP contribution in [0.3, 0.4) is 0 Å². The van der Waals surface area contributed by atoms with Crippen LogP contribution in [0.5, 0.6) is 5.75 Å². The lowest BCUT2D eigenvalue weighted by atomic mass is 10.0. The van der Waals surface area contributed by atoms with Crippen LogP contribution in [-0.4, -0.2) is 98.7 Å². The zero-order valence-electron chi connectivity index (χ0n) is 26.9. The van der Waals surface area contributed by atoms with Crippen LogP contribution >= 0.6 is 0 Å². The van der Waals surface area contributed by atoms with Crippen LogP contribution in [0.15, 0.2) is 52.0 Å². The third kappa shape index (κ3) is 7.48. The first-order valence-corrected chi connectivity index (χ1v) is 16.3. The van der Waals surface area contributed by atoms with E-state index in [1.54, 1.807) is 12.3 Å². The van der Waals surface area contributed by atoms with Crippen molar-refractivity contribution in [2.75, 3.05) is 62.7 Å². The molecule has 0 aromatic heterocycles. The van der Waals surface area contributed by atoms with E-state index in [9.17, 15) is 14.4 Å². The molecule has 6 rings (SSSR count). The SMILES string of the molecule is CC1=C(c2cc(F)c(O[C@H]3CCN(C(=O)CC#N)C[C@H]3F)c(C#N)c2)N=C(Nc2ccc(N3CCN(C4COC4)CC3)cc2)N=CCC1. The molecule has 2 atom stereocenters. The quantitative estimate of drug-likeness (QED) is 0.461. The van der Waals surface area contributed by atoms with Gasteiger partial charge in [-0.15, -0.1) is 0 Å². The number of ether oxygens (including phenoxy) is 2. The van der Waals surface area contributed by atoms with Gasteiger partial charge in [-0.2, -0.15) is 10.5 Å². The number of anilines is 2. The first kappa shape index (κ1) is 33.1. The number of allylic oxidation sites excluding steroid dienone is 1. The molecule has 2 aromatic rings. The van der Waals surface area contributed by atoms with Crippen LogP contribution in [0.2, 0.25) is 0 Å². The van der Waals surface area contributed by atoms with E-state index >= 15 is 4.39 Å². The van der Waals surface area contributed by atoms with E-state index in [1.165, 1.54) is 17.0 Å².